The lowest BCUT2D eigenvalue weighted by Crippen LogP contribution is -2.34. The van der Waals surface area contributed by atoms with Crippen molar-refractivity contribution in [3.8, 4) is 0 Å². The van der Waals surface area contributed by atoms with E-state index in [4.69, 9.17) is 61.9 Å². The van der Waals surface area contributed by atoms with Crippen LogP contribution in [0.15, 0.2) is 0 Å². The second-order valence-electron chi connectivity index (χ2n) is 11.8. The van der Waals surface area contributed by atoms with Crippen molar-refractivity contribution in [2.24, 2.45) is 0 Å². The molecule has 0 aliphatic carbocycles. The van der Waals surface area contributed by atoms with E-state index in [0.29, 0.717) is 165 Å². The maximum absolute atomic E-state index is 11.5. The Hall–Kier alpha value is -2.23. The number of carboxylic acid groups (broad SMARTS) is 1. The van der Waals surface area contributed by atoms with Crippen LogP contribution in [0.25, 0.3) is 0 Å². The molecule has 0 rings (SSSR count). The van der Waals surface area contributed by atoms with Crippen LogP contribution in [0.2, 0.25) is 0 Å². The highest BCUT2D eigenvalue weighted by Crippen LogP contribution is 2.06. The van der Waals surface area contributed by atoms with Crippen molar-refractivity contribution in [3.63, 3.8) is 0 Å². The van der Waals surface area contributed by atoms with Crippen molar-refractivity contribution < 1.29 is 76.3 Å². The molecule has 52 heavy (non-hydrogen) atoms. The van der Waals surface area contributed by atoms with Gasteiger partial charge in [-0.15, -0.1) is 0 Å². The number of hydrogen-bond donors (Lipinski definition) is 3. The molecule has 18 heteroatoms. The van der Waals surface area contributed by atoms with Crippen LogP contribution in [-0.4, -0.2) is 187 Å². The minimum atomic E-state index is -0.986. The summed E-state index contributed by atoms with van der Waals surface area (Å²) >= 11 is 0. The Kier molecular flexibility index (Phi) is 36.8. The summed E-state index contributed by atoms with van der Waals surface area (Å²) in [5.74, 6) is -1.26. The number of rotatable bonds is 40. The van der Waals surface area contributed by atoms with Crippen molar-refractivity contribution in [1.82, 2.24) is 10.6 Å². The Morgan fingerprint density at radius 3 is 1.04 bits per heavy atom. The molecule has 0 unspecified atom stereocenters. The van der Waals surface area contributed by atoms with E-state index in [2.05, 4.69) is 10.6 Å². The van der Waals surface area contributed by atoms with Crippen LogP contribution in [0.5, 0.6) is 0 Å². The van der Waals surface area contributed by atoms with Crippen molar-refractivity contribution in [2.45, 2.75) is 45.6 Å². The van der Waals surface area contributed by atoms with Gasteiger partial charge >= 0.3 is 12.1 Å². The van der Waals surface area contributed by atoms with Gasteiger partial charge in [-0.2, -0.15) is 0 Å². The number of carboxylic acids is 1. The topological polar surface area (TPSA) is 206 Å². The van der Waals surface area contributed by atoms with Crippen molar-refractivity contribution in [3.05, 3.63) is 0 Å². The average Bonchev–Trinajstić information content (AvgIpc) is 3.09. The molecule has 0 aromatic rings. The van der Waals surface area contributed by atoms with E-state index in [9.17, 15) is 14.4 Å². The van der Waals surface area contributed by atoms with Gasteiger partial charge in [-0.25, -0.2) is 4.79 Å². The van der Waals surface area contributed by atoms with E-state index in [0.717, 1.165) is 0 Å². The number of aliphatic carboxylic acids is 1. The number of alkyl carbamates (subject to hydrolysis) is 1. The number of carbonyl (C=O) groups excluding carboxylic acids is 2. The first-order valence-corrected chi connectivity index (χ1v) is 18.0. The highest BCUT2D eigenvalue weighted by Gasteiger charge is 2.15. The van der Waals surface area contributed by atoms with Crippen molar-refractivity contribution in [2.75, 3.05) is 158 Å². The van der Waals surface area contributed by atoms with E-state index in [1.807, 2.05) is 20.8 Å². The summed E-state index contributed by atoms with van der Waals surface area (Å²) in [6.07, 6.45) is 0.00548. The summed E-state index contributed by atoms with van der Waals surface area (Å²) in [6.45, 7) is 16.4. The van der Waals surface area contributed by atoms with Gasteiger partial charge in [0.25, 0.3) is 0 Å². The average molecular weight is 759 g/mol. The summed E-state index contributed by atoms with van der Waals surface area (Å²) in [6, 6.07) is 0. The van der Waals surface area contributed by atoms with Crippen LogP contribution in [0.3, 0.4) is 0 Å². The summed E-state index contributed by atoms with van der Waals surface area (Å²) < 4.78 is 65.0. The number of carbonyl (C=O) groups is 3. The van der Waals surface area contributed by atoms with Gasteiger partial charge in [0.15, 0.2) is 0 Å². The summed E-state index contributed by atoms with van der Waals surface area (Å²) in [4.78, 5) is 33.3. The zero-order chi connectivity index (χ0) is 38.2. The zero-order valence-electron chi connectivity index (χ0n) is 31.7. The zero-order valence-corrected chi connectivity index (χ0v) is 31.7. The lowest BCUT2D eigenvalue weighted by Gasteiger charge is -2.19. The molecule has 0 spiro atoms. The monoisotopic (exact) mass is 758 g/mol. The lowest BCUT2D eigenvalue weighted by molar-refractivity contribution is -0.138. The molecular weight excluding hydrogens is 692 g/mol. The number of amides is 2. The molecule has 2 amide bonds. The largest absolute Gasteiger partial charge is 0.481 e. The molecule has 308 valence electrons. The molecule has 3 N–H and O–H groups in total. The van der Waals surface area contributed by atoms with E-state index >= 15 is 0 Å². The Bertz CT molecular complexity index is 819. The van der Waals surface area contributed by atoms with Crippen molar-refractivity contribution in [1.29, 1.82) is 0 Å². The van der Waals surface area contributed by atoms with E-state index in [-0.39, 0.29) is 18.7 Å². The normalized spacial score (nSPS) is 11.5. The maximum Gasteiger partial charge on any atom is 0.407 e. The Balaban J connectivity index is 3.12. The fraction of sp³-hybridized carbons (Fsp3) is 0.912. The standard InChI is InChI=1S/C34H66N2O16/c1-34(2,3)52-33(40)36-8-10-42-12-14-44-16-18-46-20-22-48-24-26-50-28-30-51-29-27-49-25-23-47-21-19-45-17-15-43-13-11-41-9-4-7-35-31(37)5-6-32(38)39/h4-30H2,1-3H3,(H,35,37)(H,36,40)(H,38,39). The van der Waals surface area contributed by atoms with Crippen LogP contribution in [0.1, 0.15) is 40.0 Å². The third kappa shape index (κ3) is 43.9. The molecule has 0 atom stereocenters. The second-order valence-corrected chi connectivity index (χ2v) is 11.8. The molecular formula is C34H66N2O16. The molecule has 0 aliphatic heterocycles. The Morgan fingerprint density at radius 2 is 0.731 bits per heavy atom. The van der Waals surface area contributed by atoms with E-state index in [1.54, 1.807) is 0 Å². The number of nitrogens with one attached hydrogen (secondary N) is 2. The number of hydrogen-bond acceptors (Lipinski definition) is 15. The van der Waals surface area contributed by atoms with E-state index < -0.39 is 17.7 Å². The smallest absolute Gasteiger partial charge is 0.407 e. The molecule has 0 saturated heterocycles. The second kappa shape index (κ2) is 38.5. The lowest BCUT2D eigenvalue weighted by atomic mass is 10.2. The SMILES string of the molecule is CC(C)(C)OC(=O)NCCOCCOCCOCCOCCOCCOCCOCCOCCOCCOCCOCCCNC(=O)CCC(=O)O. The first-order valence-electron chi connectivity index (χ1n) is 18.0. The predicted molar refractivity (Wildman–Crippen MR) is 188 cm³/mol. The fourth-order valence-corrected chi connectivity index (χ4v) is 3.55. The molecule has 0 bridgehead atoms. The third-order valence-electron chi connectivity index (χ3n) is 5.99. The van der Waals surface area contributed by atoms with Gasteiger partial charge in [0.2, 0.25) is 5.91 Å². The third-order valence-corrected chi connectivity index (χ3v) is 5.99. The van der Waals surface area contributed by atoms with E-state index in [1.165, 1.54) is 0 Å². The first-order chi connectivity index (χ1) is 25.2. The minimum Gasteiger partial charge on any atom is -0.481 e. The Labute approximate surface area is 309 Å². The van der Waals surface area contributed by atoms with Gasteiger partial charge in [0.1, 0.15) is 5.60 Å². The molecule has 0 saturated carbocycles. The molecule has 18 nitrogen and oxygen atoms in total. The van der Waals surface area contributed by atoms with Crippen LogP contribution in [0, 0.1) is 0 Å². The van der Waals surface area contributed by atoms with Gasteiger partial charge < -0.3 is 72.6 Å². The quantitative estimate of drug-likeness (QED) is 0.0748. The summed E-state index contributed by atoms with van der Waals surface area (Å²) in [5.41, 5.74) is -0.519. The van der Waals surface area contributed by atoms with Crippen LogP contribution < -0.4 is 10.6 Å². The van der Waals surface area contributed by atoms with Gasteiger partial charge in [0, 0.05) is 26.1 Å². The van der Waals surface area contributed by atoms with Gasteiger partial charge in [-0.05, 0) is 27.2 Å². The van der Waals surface area contributed by atoms with Crippen LogP contribution in [-0.2, 0) is 66.4 Å². The number of ether oxygens (including phenoxy) is 12. The Morgan fingerprint density at radius 1 is 0.423 bits per heavy atom. The molecule has 0 heterocycles. The molecule has 0 fully saturated rings. The van der Waals surface area contributed by atoms with Crippen molar-refractivity contribution >= 4 is 18.0 Å². The molecule has 0 radical (unpaired) electrons. The predicted octanol–water partition coefficient (Wildman–Crippen LogP) is 1.06. The molecule has 0 aromatic heterocycles. The summed E-state index contributed by atoms with van der Waals surface area (Å²) in [7, 11) is 0. The fourth-order valence-electron chi connectivity index (χ4n) is 3.55. The first kappa shape index (κ1) is 49.8. The van der Waals surface area contributed by atoms with Gasteiger partial charge in [0.05, 0.1) is 145 Å². The minimum absolute atomic E-state index is 0.0142. The highest BCUT2D eigenvalue weighted by atomic mass is 16.6. The van der Waals surface area contributed by atoms with Crippen LogP contribution >= 0.6 is 0 Å². The van der Waals surface area contributed by atoms with Gasteiger partial charge in [-0.1, -0.05) is 0 Å². The maximum atomic E-state index is 11.5. The highest BCUT2D eigenvalue weighted by molar-refractivity contribution is 5.80. The van der Waals surface area contributed by atoms with Gasteiger partial charge in [-0.3, -0.25) is 9.59 Å². The van der Waals surface area contributed by atoms with Crippen LogP contribution in [0.4, 0.5) is 4.79 Å². The summed E-state index contributed by atoms with van der Waals surface area (Å²) in [5, 5.41) is 13.8. The molecule has 0 aliphatic rings. The molecule has 0 aromatic carbocycles.